The molecule has 13 heteroatoms. The number of hydrogen-bond donors (Lipinski definition) is 3. The molecule has 3 N–H and O–H groups in total. The third-order valence-corrected chi connectivity index (χ3v) is 9.18. The molecule has 2 aromatic carbocycles. The number of nitrogens with one attached hydrogen (secondary N) is 3. The van der Waals surface area contributed by atoms with E-state index in [2.05, 4.69) is 25.9 Å². The molecule has 0 atom stereocenters. The number of amides is 2. The smallest absolute Gasteiger partial charge is 0.323 e. The van der Waals surface area contributed by atoms with E-state index in [0.717, 1.165) is 39.5 Å². The van der Waals surface area contributed by atoms with E-state index in [0.29, 0.717) is 29.7 Å². The molecule has 5 aromatic rings. The minimum atomic E-state index is -2.67. The van der Waals surface area contributed by atoms with Crippen LogP contribution in [0.2, 0.25) is 0 Å². The largest absolute Gasteiger partial charge is 0.453 e. The summed E-state index contributed by atoms with van der Waals surface area (Å²) >= 11 is 1.43. The molecule has 0 bridgehead atoms. The van der Waals surface area contributed by atoms with Gasteiger partial charge in [0.25, 0.3) is 0 Å². The van der Waals surface area contributed by atoms with Gasteiger partial charge in [-0.15, -0.1) is 11.3 Å². The fourth-order valence-electron chi connectivity index (χ4n) is 4.21. The third kappa shape index (κ3) is 7.64. The molecule has 0 radical (unpaired) electrons. The lowest BCUT2D eigenvalue weighted by Gasteiger charge is -2.13. The number of carbonyl (C=O) groups is 1. The second-order valence-corrected chi connectivity index (χ2v) is 14.5. The Kier molecular flexibility index (Phi) is 9.65. The number of nitrogens with zero attached hydrogens (tertiary/aromatic N) is 2. The van der Waals surface area contributed by atoms with E-state index in [1.807, 2.05) is 24.4 Å². The lowest BCUT2D eigenvalue weighted by Crippen LogP contribution is -2.21. The standard InChI is InChI=1S/C31H30F2N5O4PS/c1-41-13-12-34-17-19-4-8-24(36-18-19)29-16-26-30(44-29)28(10-11-35-26)42-27-9-5-20(14-23(27)33)37-31(39)38-25-15-21(43(2,3)40)6-7-22(25)32/h4-11,14-16,18,34H,12-13,17H2,1-3H3,(H2,37,38,39). The predicted molar refractivity (Wildman–Crippen MR) is 171 cm³/mol. The number of rotatable bonds is 11. The highest BCUT2D eigenvalue weighted by Gasteiger charge is 2.17. The summed E-state index contributed by atoms with van der Waals surface area (Å²) in [5.74, 6) is -1.04. The van der Waals surface area contributed by atoms with E-state index in [1.54, 1.807) is 32.7 Å². The van der Waals surface area contributed by atoms with Gasteiger partial charge in [0.2, 0.25) is 0 Å². The molecule has 0 saturated heterocycles. The van der Waals surface area contributed by atoms with Crippen LogP contribution >= 0.6 is 18.5 Å². The minimum Gasteiger partial charge on any atom is -0.453 e. The molecule has 2 amide bonds. The van der Waals surface area contributed by atoms with Gasteiger partial charge in [-0.1, -0.05) is 6.07 Å². The Labute approximate surface area is 257 Å². The fraction of sp³-hybridized carbons (Fsp3) is 0.194. The van der Waals surface area contributed by atoms with Crippen LogP contribution in [0, 0.1) is 11.6 Å². The van der Waals surface area contributed by atoms with Crippen molar-refractivity contribution in [2.45, 2.75) is 6.54 Å². The minimum absolute atomic E-state index is 0.0535. The number of anilines is 2. The fourth-order valence-corrected chi connectivity index (χ4v) is 6.13. The monoisotopic (exact) mass is 637 g/mol. The number of carbonyl (C=O) groups excluding carboxylic acids is 1. The van der Waals surface area contributed by atoms with E-state index >= 15 is 4.39 Å². The van der Waals surface area contributed by atoms with Crippen molar-refractivity contribution in [1.29, 1.82) is 0 Å². The first-order valence-corrected chi connectivity index (χ1v) is 17.0. The highest BCUT2D eigenvalue weighted by atomic mass is 32.1. The van der Waals surface area contributed by atoms with E-state index in [1.165, 1.54) is 35.6 Å². The number of ether oxygens (including phenoxy) is 2. The number of methoxy groups -OCH3 is 1. The summed E-state index contributed by atoms with van der Waals surface area (Å²) in [6.45, 7) is 5.16. The zero-order valence-electron chi connectivity index (χ0n) is 24.2. The number of aromatic nitrogens is 2. The summed E-state index contributed by atoms with van der Waals surface area (Å²) in [4.78, 5) is 22.4. The Balaban J connectivity index is 1.27. The highest BCUT2D eigenvalue weighted by Crippen LogP contribution is 2.39. The average molecular weight is 638 g/mol. The summed E-state index contributed by atoms with van der Waals surface area (Å²) in [5.41, 5.74) is 2.50. The van der Waals surface area contributed by atoms with Crippen LogP contribution in [0.1, 0.15) is 5.56 Å². The van der Waals surface area contributed by atoms with Gasteiger partial charge in [0.1, 0.15) is 18.7 Å². The molecule has 3 heterocycles. The molecule has 0 unspecified atom stereocenters. The molecular weight excluding hydrogens is 607 g/mol. The van der Waals surface area contributed by atoms with Crippen molar-refractivity contribution in [3.63, 3.8) is 0 Å². The molecule has 0 aliphatic carbocycles. The van der Waals surface area contributed by atoms with Gasteiger partial charge in [0.15, 0.2) is 11.6 Å². The van der Waals surface area contributed by atoms with Crippen LogP contribution in [0.4, 0.5) is 25.0 Å². The van der Waals surface area contributed by atoms with Crippen LogP contribution in [-0.2, 0) is 15.8 Å². The van der Waals surface area contributed by atoms with Gasteiger partial charge >= 0.3 is 6.03 Å². The van der Waals surface area contributed by atoms with Crippen LogP contribution in [0.25, 0.3) is 20.8 Å². The van der Waals surface area contributed by atoms with Gasteiger partial charge in [0.05, 0.1) is 33.1 Å². The van der Waals surface area contributed by atoms with Crippen molar-refractivity contribution in [3.8, 4) is 22.1 Å². The number of fused-ring (bicyclic) bond motifs is 1. The van der Waals surface area contributed by atoms with Crippen LogP contribution in [0.5, 0.6) is 11.5 Å². The summed E-state index contributed by atoms with van der Waals surface area (Å²) in [6.07, 6.45) is 3.40. The topological polar surface area (TPSA) is 114 Å². The van der Waals surface area contributed by atoms with Crippen molar-refractivity contribution >= 4 is 51.4 Å². The molecule has 9 nitrogen and oxygen atoms in total. The maximum atomic E-state index is 15.1. The summed E-state index contributed by atoms with van der Waals surface area (Å²) in [5, 5.41) is 8.55. The number of pyridine rings is 2. The maximum Gasteiger partial charge on any atom is 0.323 e. The van der Waals surface area contributed by atoms with Gasteiger partial charge < -0.3 is 30.0 Å². The first-order valence-electron chi connectivity index (χ1n) is 13.5. The van der Waals surface area contributed by atoms with E-state index in [4.69, 9.17) is 9.47 Å². The molecule has 0 saturated carbocycles. The van der Waals surface area contributed by atoms with Crippen molar-refractivity contribution in [2.75, 3.05) is 44.2 Å². The van der Waals surface area contributed by atoms with Crippen molar-refractivity contribution < 1.29 is 27.6 Å². The van der Waals surface area contributed by atoms with Crippen LogP contribution in [-0.4, -0.2) is 49.6 Å². The number of halogens is 2. The Morgan fingerprint density at radius 2 is 1.80 bits per heavy atom. The Hall–Kier alpha value is -4.22. The van der Waals surface area contributed by atoms with Gasteiger partial charge in [-0.25, -0.2) is 13.6 Å². The van der Waals surface area contributed by atoms with E-state index in [9.17, 15) is 13.8 Å². The molecule has 0 aliphatic rings. The maximum absolute atomic E-state index is 15.1. The first kappa shape index (κ1) is 31.2. The zero-order valence-corrected chi connectivity index (χ0v) is 25.9. The molecule has 44 heavy (non-hydrogen) atoms. The number of thiophene rings is 1. The molecular formula is C31H30F2N5O4PS. The van der Waals surface area contributed by atoms with Crippen LogP contribution in [0.15, 0.2) is 73.1 Å². The van der Waals surface area contributed by atoms with Crippen molar-refractivity contribution in [2.24, 2.45) is 0 Å². The molecule has 0 spiro atoms. The number of hydrogen-bond acceptors (Lipinski definition) is 8. The van der Waals surface area contributed by atoms with Gasteiger partial charge in [-0.05, 0) is 61.4 Å². The Bertz CT molecular complexity index is 1850. The van der Waals surface area contributed by atoms with Crippen molar-refractivity contribution in [3.05, 3.63) is 90.3 Å². The zero-order chi connectivity index (χ0) is 31.3. The quantitative estimate of drug-likeness (QED) is 0.105. The van der Waals surface area contributed by atoms with E-state index in [-0.39, 0.29) is 17.1 Å². The van der Waals surface area contributed by atoms with Gasteiger partial charge in [-0.2, -0.15) is 0 Å². The molecule has 228 valence electrons. The Morgan fingerprint density at radius 3 is 2.52 bits per heavy atom. The molecule has 3 aromatic heterocycles. The average Bonchev–Trinajstić information content (AvgIpc) is 3.43. The molecule has 0 aliphatic heterocycles. The Morgan fingerprint density at radius 1 is 0.955 bits per heavy atom. The summed E-state index contributed by atoms with van der Waals surface area (Å²) in [7, 11) is -1.01. The predicted octanol–water partition coefficient (Wildman–Crippen LogP) is 7.06. The summed E-state index contributed by atoms with van der Waals surface area (Å²) < 4.78 is 53.4. The van der Waals surface area contributed by atoms with Crippen molar-refractivity contribution in [1.82, 2.24) is 15.3 Å². The highest BCUT2D eigenvalue weighted by molar-refractivity contribution is 7.70. The van der Waals surface area contributed by atoms with Crippen LogP contribution < -0.4 is 26.0 Å². The second-order valence-electron chi connectivity index (χ2n) is 10.2. The van der Waals surface area contributed by atoms with Crippen LogP contribution in [0.3, 0.4) is 0 Å². The third-order valence-electron chi connectivity index (χ3n) is 6.49. The molecule has 0 fully saturated rings. The number of benzene rings is 2. The lowest BCUT2D eigenvalue weighted by molar-refractivity contribution is 0.199. The van der Waals surface area contributed by atoms with Gasteiger partial charge in [0, 0.05) is 55.7 Å². The number of urea groups is 1. The normalized spacial score (nSPS) is 11.5. The summed E-state index contributed by atoms with van der Waals surface area (Å²) in [6, 6.07) is 14.5. The van der Waals surface area contributed by atoms with Gasteiger partial charge in [-0.3, -0.25) is 9.97 Å². The second kappa shape index (κ2) is 13.6. The SMILES string of the molecule is COCCNCc1ccc(-c2cc3nccc(Oc4ccc(NC(=O)Nc5cc(P(C)(C)=O)ccc5F)cc4F)c3s2)nc1. The first-order chi connectivity index (χ1) is 21.1. The van der Waals surface area contributed by atoms with E-state index < -0.39 is 24.8 Å². The lowest BCUT2D eigenvalue weighted by atomic mass is 10.2. The molecule has 5 rings (SSSR count).